The van der Waals surface area contributed by atoms with E-state index in [0.717, 1.165) is 42.9 Å². The highest BCUT2D eigenvalue weighted by molar-refractivity contribution is 7.99. The van der Waals surface area contributed by atoms with Crippen LogP contribution >= 0.6 is 11.8 Å². The average molecular weight is 296 g/mol. The van der Waals surface area contributed by atoms with Crippen molar-refractivity contribution in [2.24, 2.45) is 5.92 Å². The Bertz CT molecular complexity index is 389. The Morgan fingerprint density at radius 1 is 1.20 bits per heavy atom. The molecular formula is C15H28N4S. The van der Waals surface area contributed by atoms with E-state index in [-0.39, 0.29) is 0 Å². The Labute approximate surface area is 127 Å². The number of nitrogens with zero attached hydrogens (tertiary/aromatic N) is 3. The molecule has 0 amide bonds. The Kier molecular flexibility index (Phi) is 6.87. The van der Waals surface area contributed by atoms with E-state index in [4.69, 9.17) is 0 Å². The van der Waals surface area contributed by atoms with Crippen LogP contribution in [0.25, 0.3) is 0 Å². The van der Waals surface area contributed by atoms with E-state index < -0.39 is 0 Å². The zero-order chi connectivity index (χ0) is 14.2. The van der Waals surface area contributed by atoms with Crippen LogP contribution in [0.5, 0.6) is 0 Å². The number of hydrogen-bond donors (Lipinski definition) is 1. The van der Waals surface area contributed by atoms with Crippen molar-refractivity contribution in [3.8, 4) is 0 Å². The van der Waals surface area contributed by atoms with Gasteiger partial charge in [0.05, 0.1) is 0 Å². The van der Waals surface area contributed by atoms with Gasteiger partial charge in [0.2, 0.25) is 0 Å². The predicted octanol–water partition coefficient (Wildman–Crippen LogP) is 3.12. The summed E-state index contributed by atoms with van der Waals surface area (Å²) in [5.74, 6) is 3.09. The number of aryl methyl sites for hydroxylation is 1. The van der Waals surface area contributed by atoms with Crippen molar-refractivity contribution >= 4 is 11.8 Å². The third-order valence-electron chi connectivity index (χ3n) is 3.72. The quantitative estimate of drug-likeness (QED) is 0.591. The summed E-state index contributed by atoms with van der Waals surface area (Å²) in [6.07, 6.45) is 7.55. The molecule has 4 nitrogen and oxygen atoms in total. The summed E-state index contributed by atoms with van der Waals surface area (Å²) in [5, 5.41) is 13.3. The third kappa shape index (κ3) is 5.09. The van der Waals surface area contributed by atoms with Gasteiger partial charge in [0, 0.05) is 25.3 Å². The molecule has 2 heterocycles. The van der Waals surface area contributed by atoms with E-state index in [1.807, 2.05) is 11.8 Å². The molecule has 0 bridgehead atoms. The molecule has 2 rings (SSSR count). The molecule has 5 heteroatoms. The Morgan fingerprint density at radius 3 is 2.95 bits per heavy atom. The Morgan fingerprint density at radius 2 is 2.10 bits per heavy atom. The number of rotatable bonds is 8. The lowest BCUT2D eigenvalue weighted by molar-refractivity contribution is 0.533. The summed E-state index contributed by atoms with van der Waals surface area (Å²) in [6.45, 7) is 7.87. The fourth-order valence-corrected chi connectivity index (χ4v) is 3.42. The zero-order valence-electron chi connectivity index (χ0n) is 12.9. The molecule has 0 unspecified atom stereocenters. The van der Waals surface area contributed by atoms with E-state index >= 15 is 0 Å². The summed E-state index contributed by atoms with van der Waals surface area (Å²) < 4.78 is 2.33. The lowest BCUT2D eigenvalue weighted by atomic mass is 10.1. The second-order valence-corrected chi connectivity index (χ2v) is 7.06. The van der Waals surface area contributed by atoms with Gasteiger partial charge in [0.25, 0.3) is 0 Å². The van der Waals surface area contributed by atoms with E-state index in [0.29, 0.717) is 0 Å². The molecule has 0 aromatic carbocycles. The molecule has 0 aliphatic carbocycles. The van der Waals surface area contributed by atoms with Crippen LogP contribution in [-0.2, 0) is 13.0 Å². The van der Waals surface area contributed by atoms with Gasteiger partial charge in [-0.25, -0.2) is 0 Å². The maximum Gasteiger partial charge on any atom is 0.191 e. The minimum atomic E-state index is 0.817. The average Bonchev–Trinajstić information content (AvgIpc) is 2.66. The summed E-state index contributed by atoms with van der Waals surface area (Å²) in [5.41, 5.74) is 0. The highest BCUT2D eigenvalue weighted by Crippen LogP contribution is 2.21. The minimum Gasteiger partial charge on any atom is -0.316 e. The van der Waals surface area contributed by atoms with Crippen molar-refractivity contribution in [1.82, 2.24) is 20.1 Å². The summed E-state index contributed by atoms with van der Waals surface area (Å²) >= 11 is 1.84. The molecule has 0 fully saturated rings. The zero-order valence-corrected chi connectivity index (χ0v) is 13.7. The topological polar surface area (TPSA) is 42.7 Å². The lowest BCUT2D eigenvalue weighted by Gasteiger charge is -2.08. The van der Waals surface area contributed by atoms with E-state index in [1.165, 1.54) is 37.9 Å². The molecule has 0 spiro atoms. The van der Waals surface area contributed by atoms with Crippen LogP contribution in [0, 0.1) is 5.92 Å². The number of aromatic nitrogens is 3. The van der Waals surface area contributed by atoms with Gasteiger partial charge in [0.1, 0.15) is 5.82 Å². The van der Waals surface area contributed by atoms with Crippen LogP contribution in [-0.4, -0.2) is 33.6 Å². The number of nitrogens with one attached hydrogen (secondary N) is 1. The molecule has 114 valence electrons. The van der Waals surface area contributed by atoms with Gasteiger partial charge in [-0.2, -0.15) is 0 Å². The van der Waals surface area contributed by atoms with Crippen LogP contribution in [0.2, 0.25) is 0 Å². The van der Waals surface area contributed by atoms with Crippen LogP contribution < -0.4 is 5.32 Å². The van der Waals surface area contributed by atoms with E-state index in [2.05, 4.69) is 33.9 Å². The van der Waals surface area contributed by atoms with E-state index in [1.54, 1.807) is 0 Å². The molecular weight excluding hydrogens is 268 g/mol. The van der Waals surface area contributed by atoms with Crippen molar-refractivity contribution in [3.63, 3.8) is 0 Å². The van der Waals surface area contributed by atoms with Crippen molar-refractivity contribution in [2.45, 2.75) is 64.1 Å². The van der Waals surface area contributed by atoms with Crippen LogP contribution in [0.15, 0.2) is 5.16 Å². The molecule has 1 N–H and O–H groups in total. The summed E-state index contributed by atoms with van der Waals surface area (Å²) in [7, 11) is 0. The van der Waals surface area contributed by atoms with Crippen molar-refractivity contribution in [1.29, 1.82) is 0 Å². The predicted molar refractivity (Wildman–Crippen MR) is 85.2 cm³/mol. The Balaban J connectivity index is 1.63. The highest BCUT2D eigenvalue weighted by Gasteiger charge is 2.14. The van der Waals surface area contributed by atoms with Gasteiger partial charge in [-0.1, -0.05) is 32.0 Å². The monoisotopic (exact) mass is 296 g/mol. The van der Waals surface area contributed by atoms with Crippen LogP contribution in [0.4, 0.5) is 0 Å². The van der Waals surface area contributed by atoms with E-state index in [9.17, 15) is 0 Å². The Hall–Kier alpha value is -0.550. The SMILES string of the molecule is CC(C)CCCNCCSc1nnc2n1CCCCC2. The lowest BCUT2D eigenvalue weighted by Crippen LogP contribution is -2.19. The fraction of sp³-hybridized carbons (Fsp3) is 0.867. The molecule has 0 saturated heterocycles. The van der Waals surface area contributed by atoms with Crippen LogP contribution in [0.3, 0.4) is 0 Å². The van der Waals surface area contributed by atoms with Gasteiger partial charge in [0.15, 0.2) is 5.16 Å². The highest BCUT2D eigenvalue weighted by atomic mass is 32.2. The largest absolute Gasteiger partial charge is 0.316 e. The van der Waals surface area contributed by atoms with Gasteiger partial charge in [-0.3, -0.25) is 0 Å². The molecule has 0 radical (unpaired) electrons. The third-order valence-corrected chi connectivity index (χ3v) is 4.69. The van der Waals surface area contributed by atoms with Gasteiger partial charge < -0.3 is 9.88 Å². The molecule has 20 heavy (non-hydrogen) atoms. The first-order valence-corrected chi connectivity index (χ1v) is 9.01. The molecule has 1 aliphatic rings. The first kappa shape index (κ1) is 15.8. The first-order chi connectivity index (χ1) is 9.77. The summed E-state index contributed by atoms with van der Waals surface area (Å²) in [4.78, 5) is 0. The van der Waals surface area contributed by atoms with Crippen molar-refractivity contribution < 1.29 is 0 Å². The second kappa shape index (κ2) is 8.67. The number of fused-ring (bicyclic) bond motifs is 1. The molecule has 0 atom stereocenters. The first-order valence-electron chi connectivity index (χ1n) is 8.03. The number of thioether (sulfide) groups is 1. The van der Waals surface area contributed by atoms with Gasteiger partial charge in [-0.15, -0.1) is 10.2 Å². The normalized spacial score (nSPS) is 15.3. The summed E-state index contributed by atoms with van der Waals surface area (Å²) in [6, 6.07) is 0. The number of hydrogen-bond acceptors (Lipinski definition) is 4. The molecule has 0 saturated carbocycles. The minimum absolute atomic E-state index is 0.817. The van der Waals surface area contributed by atoms with Crippen LogP contribution in [0.1, 0.15) is 51.8 Å². The maximum absolute atomic E-state index is 4.34. The smallest absolute Gasteiger partial charge is 0.191 e. The second-order valence-electron chi connectivity index (χ2n) is 6.00. The molecule has 1 aromatic rings. The van der Waals surface area contributed by atoms with Gasteiger partial charge >= 0.3 is 0 Å². The maximum atomic E-state index is 4.34. The molecule has 1 aliphatic heterocycles. The fourth-order valence-electron chi connectivity index (χ4n) is 2.54. The van der Waals surface area contributed by atoms with Gasteiger partial charge in [-0.05, 0) is 38.1 Å². The molecule has 1 aromatic heterocycles. The van der Waals surface area contributed by atoms with Crippen molar-refractivity contribution in [2.75, 3.05) is 18.8 Å². The van der Waals surface area contributed by atoms with Crippen molar-refractivity contribution in [3.05, 3.63) is 5.82 Å². The standard InChI is InChI=1S/C15H28N4S/c1-13(2)7-6-9-16-10-12-20-15-18-17-14-8-4-3-5-11-19(14)15/h13,16H,3-12H2,1-2H3.